The summed E-state index contributed by atoms with van der Waals surface area (Å²) in [5.41, 5.74) is 5.95. The van der Waals surface area contributed by atoms with E-state index in [1.165, 1.54) is 22.3 Å². The largest absolute Gasteiger partial charge is 0.313 e. The fourth-order valence-electron chi connectivity index (χ4n) is 2.44. The highest BCUT2D eigenvalue weighted by atomic mass is 35.5. The van der Waals surface area contributed by atoms with Crippen LogP contribution in [0.4, 0.5) is 0 Å². The SMILES string of the molecule is CCCNCc1cc(Cl)ccc1-c1cc(C)c(Cl)cc1C. The Bertz CT molecular complexity index is 635. The average molecular weight is 322 g/mol. The zero-order valence-electron chi connectivity index (χ0n) is 12.8. The number of aryl methyl sites for hydroxylation is 2. The quantitative estimate of drug-likeness (QED) is 0.688. The Hall–Kier alpha value is -1.02. The lowest BCUT2D eigenvalue weighted by Gasteiger charge is -2.15. The molecule has 0 unspecified atom stereocenters. The molecule has 0 aliphatic heterocycles. The summed E-state index contributed by atoms with van der Waals surface area (Å²) in [6, 6.07) is 10.3. The highest BCUT2D eigenvalue weighted by molar-refractivity contribution is 6.31. The lowest BCUT2D eigenvalue weighted by Crippen LogP contribution is -2.14. The van der Waals surface area contributed by atoms with Crippen molar-refractivity contribution in [3.8, 4) is 11.1 Å². The van der Waals surface area contributed by atoms with Gasteiger partial charge in [0.25, 0.3) is 0 Å². The first-order valence-corrected chi connectivity index (χ1v) is 8.04. The van der Waals surface area contributed by atoms with Gasteiger partial charge in [0, 0.05) is 16.6 Å². The molecule has 0 aromatic heterocycles. The van der Waals surface area contributed by atoms with Crippen molar-refractivity contribution in [2.24, 2.45) is 0 Å². The summed E-state index contributed by atoms with van der Waals surface area (Å²) >= 11 is 12.4. The van der Waals surface area contributed by atoms with Crippen LogP contribution in [0.15, 0.2) is 30.3 Å². The van der Waals surface area contributed by atoms with E-state index in [4.69, 9.17) is 23.2 Å². The standard InChI is InChI=1S/C18H21Cl2N/c1-4-7-21-11-14-10-15(19)5-6-16(14)17-8-13(3)18(20)9-12(17)2/h5-6,8-10,21H,4,7,11H2,1-3H3. The summed E-state index contributed by atoms with van der Waals surface area (Å²) in [4.78, 5) is 0. The third-order valence-corrected chi connectivity index (χ3v) is 4.25. The van der Waals surface area contributed by atoms with Crippen LogP contribution in [0.25, 0.3) is 11.1 Å². The van der Waals surface area contributed by atoms with Crippen molar-refractivity contribution in [2.75, 3.05) is 6.54 Å². The maximum atomic E-state index is 6.21. The van der Waals surface area contributed by atoms with Gasteiger partial charge in [0.1, 0.15) is 0 Å². The molecule has 0 bridgehead atoms. The van der Waals surface area contributed by atoms with Gasteiger partial charge in [-0.05, 0) is 78.9 Å². The lowest BCUT2D eigenvalue weighted by molar-refractivity contribution is 0.676. The minimum absolute atomic E-state index is 0.774. The van der Waals surface area contributed by atoms with E-state index in [0.717, 1.165) is 35.1 Å². The van der Waals surface area contributed by atoms with Gasteiger partial charge in [0.2, 0.25) is 0 Å². The van der Waals surface area contributed by atoms with E-state index in [9.17, 15) is 0 Å². The van der Waals surface area contributed by atoms with Crippen LogP contribution < -0.4 is 5.32 Å². The van der Waals surface area contributed by atoms with Crippen molar-refractivity contribution in [2.45, 2.75) is 33.7 Å². The molecule has 0 amide bonds. The summed E-state index contributed by atoms with van der Waals surface area (Å²) in [5.74, 6) is 0. The normalized spacial score (nSPS) is 10.9. The van der Waals surface area contributed by atoms with E-state index < -0.39 is 0 Å². The van der Waals surface area contributed by atoms with Crippen LogP contribution in [0.3, 0.4) is 0 Å². The van der Waals surface area contributed by atoms with Crippen LogP contribution >= 0.6 is 23.2 Å². The predicted molar refractivity (Wildman–Crippen MR) is 93.4 cm³/mol. The van der Waals surface area contributed by atoms with Crippen molar-refractivity contribution in [1.29, 1.82) is 0 Å². The van der Waals surface area contributed by atoms with Crippen molar-refractivity contribution in [3.05, 3.63) is 57.1 Å². The topological polar surface area (TPSA) is 12.0 Å². The molecule has 0 aliphatic carbocycles. The molecule has 112 valence electrons. The minimum Gasteiger partial charge on any atom is -0.313 e. The van der Waals surface area contributed by atoms with E-state index in [0.29, 0.717) is 0 Å². The van der Waals surface area contributed by atoms with Crippen molar-refractivity contribution in [1.82, 2.24) is 5.32 Å². The van der Waals surface area contributed by atoms with Gasteiger partial charge in [-0.1, -0.05) is 36.2 Å². The smallest absolute Gasteiger partial charge is 0.0438 e. The van der Waals surface area contributed by atoms with E-state index >= 15 is 0 Å². The van der Waals surface area contributed by atoms with Crippen molar-refractivity contribution < 1.29 is 0 Å². The fourth-order valence-corrected chi connectivity index (χ4v) is 2.86. The van der Waals surface area contributed by atoms with Gasteiger partial charge in [0.15, 0.2) is 0 Å². The van der Waals surface area contributed by atoms with Crippen LogP contribution in [0.5, 0.6) is 0 Å². The zero-order valence-corrected chi connectivity index (χ0v) is 14.3. The Morgan fingerprint density at radius 3 is 2.43 bits per heavy atom. The lowest BCUT2D eigenvalue weighted by atomic mass is 9.94. The first-order valence-electron chi connectivity index (χ1n) is 7.29. The molecule has 2 rings (SSSR count). The second-order valence-corrected chi connectivity index (χ2v) is 6.24. The molecule has 3 heteroatoms. The maximum absolute atomic E-state index is 6.21. The molecule has 2 aromatic carbocycles. The number of nitrogens with one attached hydrogen (secondary N) is 1. The van der Waals surface area contributed by atoms with Crippen LogP contribution in [0.2, 0.25) is 10.0 Å². The number of halogens is 2. The Morgan fingerprint density at radius 1 is 0.952 bits per heavy atom. The molecule has 0 radical (unpaired) electrons. The van der Waals surface area contributed by atoms with Gasteiger partial charge < -0.3 is 5.32 Å². The molecule has 0 aliphatic rings. The second kappa shape index (κ2) is 7.31. The highest BCUT2D eigenvalue weighted by Gasteiger charge is 2.10. The van der Waals surface area contributed by atoms with E-state index in [1.807, 2.05) is 25.1 Å². The molecule has 2 aromatic rings. The molecule has 1 N–H and O–H groups in total. The molecular formula is C18H21Cl2N. The number of hydrogen-bond acceptors (Lipinski definition) is 1. The average Bonchev–Trinajstić information content (AvgIpc) is 2.44. The first kappa shape index (κ1) is 16.4. The molecule has 0 saturated heterocycles. The molecule has 0 spiro atoms. The number of benzene rings is 2. The van der Waals surface area contributed by atoms with Gasteiger partial charge >= 0.3 is 0 Å². The van der Waals surface area contributed by atoms with Gasteiger partial charge in [-0.15, -0.1) is 0 Å². The van der Waals surface area contributed by atoms with Crippen molar-refractivity contribution >= 4 is 23.2 Å². The number of hydrogen-bond donors (Lipinski definition) is 1. The fraction of sp³-hybridized carbons (Fsp3) is 0.333. The van der Waals surface area contributed by atoms with Gasteiger partial charge in [-0.25, -0.2) is 0 Å². The summed E-state index contributed by atoms with van der Waals surface area (Å²) in [6.07, 6.45) is 1.12. The van der Waals surface area contributed by atoms with Crippen molar-refractivity contribution in [3.63, 3.8) is 0 Å². The molecule has 0 fully saturated rings. The summed E-state index contributed by atoms with van der Waals surface area (Å²) in [6.45, 7) is 8.13. The zero-order chi connectivity index (χ0) is 15.4. The Balaban J connectivity index is 2.45. The second-order valence-electron chi connectivity index (χ2n) is 5.39. The van der Waals surface area contributed by atoms with Crippen LogP contribution in [0.1, 0.15) is 30.0 Å². The predicted octanol–water partition coefficient (Wildman–Crippen LogP) is 5.78. The molecule has 0 atom stereocenters. The molecule has 21 heavy (non-hydrogen) atoms. The van der Waals surface area contributed by atoms with Gasteiger partial charge in [-0.3, -0.25) is 0 Å². The monoisotopic (exact) mass is 321 g/mol. The molecule has 0 saturated carbocycles. The molecule has 1 nitrogen and oxygen atoms in total. The third-order valence-electron chi connectivity index (χ3n) is 3.61. The molecule has 0 heterocycles. The maximum Gasteiger partial charge on any atom is 0.0438 e. The van der Waals surface area contributed by atoms with Gasteiger partial charge in [-0.2, -0.15) is 0 Å². The van der Waals surface area contributed by atoms with E-state index in [1.54, 1.807) is 0 Å². The van der Waals surface area contributed by atoms with Crippen LogP contribution in [0, 0.1) is 13.8 Å². The van der Waals surface area contributed by atoms with E-state index in [2.05, 4.69) is 31.3 Å². The van der Waals surface area contributed by atoms with Gasteiger partial charge in [0.05, 0.1) is 0 Å². The van der Waals surface area contributed by atoms with Crippen LogP contribution in [-0.2, 0) is 6.54 Å². The Morgan fingerprint density at radius 2 is 1.71 bits per heavy atom. The highest BCUT2D eigenvalue weighted by Crippen LogP contribution is 2.32. The summed E-state index contributed by atoms with van der Waals surface area (Å²) < 4.78 is 0. The summed E-state index contributed by atoms with van der Waals surface area (Å²) in [7, 11) is 0. The van der Waals surface area contributed by atoms with Crippen LogP contribution in [-0.4, -0.2) is 6.54 Å². The first-order chi connectivity index (χ1) is 10.0. The Labute approximate surface area is 137 Å². The number of rotatable bonds is 5. The Kier molecular flexibility index (Phi) is 5.69. The molecular weight excluding hydrogens is 301 g/mol. The summed E-state index contributed by atoms with van der Waals surface area (Å²) in [5, 5.41) is 5.04. The minimum atomic E-state index is 0.774. The third kappa shape index (κ3) is 4.00. The van der Waals surface area contributed by atoms with E-state index in [-0.39, 0.29) is 0 Å².